The predicted octanol–water partition coefficient (Wildman–Crippen LogP) is 3.61. The van der Waals surface area contributed by atoms with Crippen molar-refractivity contribution in [2.45, 2.75) is 52.5 Å². The van der Waals surface area contributed by atoms with E-state index in [9.17, 15) is 0 Å². The van der Waals surface area contributed by atoms with E-state index in [1.165, 1.54) is 31.2 Å². The minimum Gasteiger partial charge on any atom is -0.324 e. The van der Waals surface area contributed by atoms with Gasteiger partial charge in [0.25, 0.3) is 0 Å². The van der Waals surface area contributed by atoms with Crippen molar-refractivity contribution in [2.24, 2.45) is 17.1 Å². The topological polar surface area (TPSA) is 38.9 Å². The molecule has 1 saturated carbocycles. The van der Waals surface area contributed by atoms with E-state index in [2.05, 4.69) is 31.0 Å². The van der Waals surface area contributed by atoms with Gasteiger partial charge in [-0.2, -0.15) is 0 Å². The molecule has 17 heavy (non-hydrogen) atoms. The van der Waals surface area contributed by atoms with E-state index in [4.69, 9.17) is 5.73 Å². The molecule has 1 heterocycles. The fraction of sp³-hybridized carbons (Fsp3) is 0.667. The van der Waals surface area contributed by atoms with Gasteiger partial charge in [0.05, 0.1) is 0 Å². The third-order valence-electron chi connectivity index (χ3n) is 4.21. The van der Waals surface area contributed by atoms with E-state index in [1.54, 1.807) is 0 Å². The molecule has 2 N–H and O–H groups in total. The molecule has 0 spiro atoms. The van der Waals surface area contributed by atoms with Crippen LogP contribution >= 0.6 is 0 Å². The molecular formula is C15H24N2. The smallest absolute Gasteiger partial charge is 0.0372 e. The van der Waals surface area contributed by atoms with Gasteiger partial charge in [-0.1, -0.05) is 19.9 Å². The molecule has 1 unspecified atom stereocenters. The molecule has 1 aromatic rings. The molecule has 2 rings (SSSR count). The second-order valence-electron chi connectivity index (χ2n) is 6.26. The summed E-state index contributed by atoms with van der Waals surface area (Å²) < 4.78 is 0. The van der Waals surface area contributed by atoms with Crippen molar-refractivity contribution >= 4 is 0 Å². The molecule has 2 nitrogen and oxygen atoms in total. The van der Waals surface area contributed by atoms with E-state index in [1.807, 2.05) is 13.1 Å². The number of aromatic nitrogens is 1. The Morgan fingerprint density at radius 1 is 1.29 bits per heavy atom. The molecule has 0 bridgehead atoms. The maximum atomic E-state index is 6.37. The normalized spacial score (nSPS) is 22.4. The van der Waals surface area contributed by atoms with Crippen LogP contribution in [0.25, 0.3) is 0 Å². The quantitative estimate of drug-likeness (QED) is 0.846. The van der Waals surface area contributed by atoms with E-state index in [0.717, 1.165) is 5.69 Å². The lowest BCUT2D eigenvalue weighted by Crippen LogP contribution is -2.29. The van der Waals surface area contributed by atoms with Crippen LogP contribution < -0.4 is 5.73 Å². The lowest BCUT2D eigenvalue weighted by atomic mass is 9.70. The molecule has 1 atom stereocenters. The van der Waals surface area contributed by atoms with Crippen LogP contribution in [0.5, 0.6) is 0 Å². The van der Waals surface area contributed by atoms with Crippen LogP contribution in [0.3, 0.4) is 0 Å². The summed E-state index contributed by atoms with van der Waals surface area (Å²) in [7, 11) is 0. The van der Waals surface area contributed by atoms with Crippen LogP contribution in [-0.2, 0) is 0 Å². The number of rotatable bonds is 2. The van der Waals surface area contributed by atoms with Gasteiger partial charge in [0.1, 0.15) is 0 Å². The Bertz CT molecular complexity index is 357. The van der Waals surface area contributed by atoms with Gasteiger partial charge in [-0.05, 0) is 55.6 Å². The number of hydrogen-bond acceptors (Lipinski definition) is 2. The summed E-state index contributed by atoms with van der Waals surface area (Å²) in [4.78, 5) is 4.34. The first-order valence-electron chi connectivity index (χ1n) is 6.66. The predicted molar refractivity (Wildman–Crippen MR) is 71.6 cm³/mol. The summed E-state index contributed by atoms with van der Waals surface area (Å²) in [5, 5.41) is 0. The van der Waals surface area contributed by atoms with Crippen molar-refractivity contribution in [3.05, 3.63) is 29.6 Å². The molecule has 1 aromatic heterocycles. The number of pyridine rings is 1. The molecule has 1 fully saturated rings. The number of nitrogens with zero attached hydrogens (tertiary/aromatic N) is 1. The Morgan fingerprint density at radius 3 is 2.47 bits per heavy atom. The van der Waals surface area contributed by atoms with Crippen LogP contribution in [0, 0.1) is 18.3 Å². The average molecular weight is 232 g/mol. The van der Waals surface area contributed by atoms with Gasteiger partial charge < -0.3 is 5.73 Å². The number of hydrogen-bond donors (Lipinski definition) is 1. The number of aryl methyl sites for hydroxylation is 1. The molecule has 0 aromatic carbocycles. The summed E-state index contributed by atoms with van der Waals surface area (Å²) in [5.74, 6) is 0.632. The van der Waals surface area contributed by atoms with Crippen LogP contribution in [-0.4, -0.2) is 4.98 Å². The molecule has 94 valence electrons. The maximum Gasteiger partial charge on any atom is 0.0372 e. The van der Waals surface area contributed by atoms with Gasteiger partial charge in [0, 0.05) is 17.9 Å². The van der Waals surface area contributed by atoms with Crippen LogP contribution in [0.15, 0.2) is 18.3 Å². The van der Waals surface area contributed by atoms with Crippen LogP contribution in [0.4, 0.5) is 0 Å². The highest BCUT2D eigenvalue weighted by atomic mass is 14.7. The standard InChI is InChI=1S/C15H24N2/c1-11-4-5-13(10-17-11)14(16)12-6-8-15(2,3)9-7-12/h4-5,10,12,14H,6-9,16H2,1-3H3. The van der Waals surface area contributed by atoms with Crippen LogP contribution in [0.1, 0.15) is 56.8 Å². The SMILES string of the molecule is Cc1ccc(C(N)C2CCC(C)(C)CC2)cn1. The Hall–Kier alpha value is -0.890. The zero-order valence-electron chi connectivity index (χ0n) is 11.2. The highest BCUT2D eigenvalue weighted by Crippen LogP contribution is 2.41. The Morgan fingerprint density at radius 2 is 1.94 bits per heavy atom. The van der Waals surface area contributed by atoms with Crippen molar-refractivity contribution in [3.8, 4) is 0 Å². The van der Waals surface area contributed by atoms with E-state index in [-0.39, 0.29) is 6.04 Å². The Kier molecular flexibility index (Phi) is 3.53. The first-order valence-corrected chi connectivity index (χ1v) is 6.66. The van der Waals surface area contributed by atoms with E-state index < -0.39 is 0 Å². The summed E-state index contributed by atoms with van der Waals surface area (Å²) in [6.07, 6.45) is 7.04. The number of nitrogens with two attached hydrogens (primary N) is 1. The molecule has 0 amide bonds. The zero-order chi connectivity index (χ0) is 12.5. The van der Waals surface area contributed by atoms with Gasteiger partial charge in [-0.25, -0.2) is 0 Å². The molecule has 1 aliphatic carbocycles. The third-order valence-corrected chi connectivity index (χ3v) is 4.21. The second-order valence-corrected chi connectivity index (χ2v) is 6.26. The van der Waals surface area contributed by atoms with Crippen molar-refractivity contribution in [1.82, 2.24) is 4.98 Å². The monoisotopic (exact) mass is 232 g/mol. The summed E-state index contributed by atoms with van der Waals surface area (Å²) in [6.45, 7) is 6.74. The maximum absolute atomic E-state index is 6.37. The summed E-state index contributed by atoms with van der Waals surface area (Å²) >= 11 is 0. The fourth-order valence-electron chi connectivity index (χ4n) is 2.73. The second kappa shape index (κ2) is 4.77. The molecule has 0 aliphatic heterocycles. The lowest BCUT2D eigenvalue weighted by molar-refractivity contribution is 0.173. The average Bonchev–Trinajstić information content (AvgIpc) is 2.29. The first kappa shape index (κ1) is 12.6. The highest BCUT2D eigenvalue weighted by molar-refractivity contribution is 5.17. The Labute approximate surface area is 105 Å². The zero-order valence-corrected chi connectivity index (χ0v) is 11.2. The lowest BCUT2D eigenvalue weighted by Gasteiger charge is -2.36. The van der Waals surface area contributed by atoms with Crippen LogP contribution in [0.2, 0.25) is 0 Å². The molecular weight excluding hydrogens is 208 g/mol. The van der Waals surface area contributed by atoms with Gasteiger partial charge in [-0.3, -0.25) is 4.98 Å². The van der Waals surface area contributed by atoms with Gasteiger partial charge in [0.15, 0.2) is 0 Å². The first-order chi connectivity index (χ1) is 7.98. The largest absolute Gasteiger partial charge is 0.324 e. The van der Waals surface area contributed by atoms with Gasteiger partial charge >= 0.3 is 0 Å². The third kappa shape index (κ3) is 3.06. The molecule has 2 heteroatoms. The molecule has 0 saturated heterocycles. The van der Waals surface area contributed by atoms with E-state index >= 15 is 0 Å². The fourth-order valence-corrected chi connectivity index (χ4v) is 2.73. The summed E-state index contributed by atoms with van der Waals surface area (Å²) in [6, 6.07) is 4.36. The molecule has 0 radical (unpaired) electrons. The van der Waals surface area contributed by atoms with Crippen molar-refractivity contribution in [1.29, 1.82) is 0 Å². The summed E-state index contributed by atoms with van der Waals surface area (Å²) in [5.41, 5.74) is 9.14. The van der Waals surface area contributed by atoms with Crippen molar-refractivity contribution in [2.75, 3.05) is 0 Å². The van der Waals surface area contributed by atoms with Crippen molar-refractivity contribution < 1.29 is 0 Å². The Balaban J connectivity index is 2.01. The minimum atomic E-state index is 0.166. The van der Waals surface area contributed by atoms with Crippen molar-refractivity contribution in [3.63, 3.8) is 0 Å². The molecule has 1 aliphatic rings. The highest BCUT2D eigenvalue weighted by Gasteiger charge is 2.30. The van der Waals surface area contributed by atoms with E-state index in [0.29, 0.717) is 11.3 Å². The van der Waals surface area contributed by atoms with Gasteiger partial charge in [-0.15, -0.1) is 0 Å². The minimum absolute atomic E-state index is 0.166. The van der Waals surface area contributed by atoms with Gasteiger partial charge in [0.2, 0.25) is 0 Å².